The van der Waals surface area contributed by atoms with Crippen molar-refractivity contribution in [2.75, 3.05) is 5.73 Å². The van der Waals surface area contributed by atoms with E-state index in [1.54, 1.807) is 13.0 Å². The van der Waals surface area contributed by atoms with Crippen LogP contribution in [-0.2, 0) is 0 Å². The Hall–Kier alpha value is -1.65. The largest absolute Gasteiger partial charge is 0.456 e. The molecule has 1 heterocycles. The van der Waals surface area contributed by atoms with Crippen molar-refractivity contribution in [3.63, 3.8) is 0 Å². The molecule has 70 valence electrons. The van der Waals surface area contributed by atoms with Gasteiger partial charge in [-0.3, -0.25) is 0 Å². The fourth-order valence-corrected chi connectivity index (χ4v) is 0.635. The number of nitrogen functional groups attached to an aromatic ring is 1. The third-order valence-electron chi connectivity index (χ3n) is 1.37. The topological polar surface area (TPSA) is 61.0 Å². The SMILES string of the molecule is C=CC(C)Oc1ncc(F)c(N)n1. The lowest BCUT2D eigenvalue weighted by Gasteiger charge is -2.07. The van der Waals surface area contributed by atoms with Gasteiger partial charge in [0.05, 0.1) is 6.20 Å². The van der Waals surface area contributed by atoms with Gasteiger partial charge in [0.15, 0.2) is 11.6 Å². The zero-order chi connectivity index (χ0) is 9.84. The number of ether oxygens (including phenoxy) is 1. The van der Waals surface area contributed by atoms with Gasteiger partial charge >= 0.3 is 6.01 Å². The molecule has 0 aliphatic carbocycles. The Morgan fingerprint density at radius 3 is 3.00 bits per heavy atom. The average Bonchev–Trinajstić information content (AvgIpc) is 2.11. The van der Waals surface area contributed by atoms with Gasteiger partial charge < -0.3 is 10.5 Å². The Labute approximate surface area is 75.3 Å². The van der Waals surface area contributed by atoms with Gasteiger partial charge in [0, 0.05) is 0 Å². The Morgan fingerprint density at radius 2 is 2.46 bits per heavy atom. The van der Waals surface area contributed by atoms with Gasteiger partial charge in [-0.2, -0.15) is 4.98 Å². The number of hydrogen-bond acceptors (Lipinski definition) is 4. The lowest BCUT2D eigenvalue weighted by Crippen LogP contribution is -2.11. The van der Waals surface area contributed by atoms with E-state index < -0.39 is 5.82 Å². The monoisotopic (exact) mass is 183 g/mol. The number of aromatic nitrogens is 2. The molecule has 0 aliphatic heterocycles. The van der Waals surface area contributed by atoms with E-state index in [-0.39, 0.29) is 17.9 Å². The Morgan fingerprint density at radius 1 is 1.77 bits per heavy atom. The summed E-state index contributed by atoms with van der Waals surface area (Å²) in [6.07, 6.45) is 2.31. The minimum Gasteiger partial charge on any atom is -0.456 e. The molecule has 0 saturated heterocycles. The van der Waals surface area contributed by atoms with Gasteiger partial charge in [-0.25, -0.2) is 9.37 Å². The van der Waals surface area contributed by atoms with E-state index in [1.807, 2.05) is 0 Å². The number of rotatable bonds is 3. The summed E-state index contributed by atoms with van der Waals surface area (Å²) in [5.74, 6) is -0.875. The fraction of sp³-hybridized carbons (Fsp3) is 0.250. The molecule has 5 heteroatoms. The first-order valence-electron chi connectivity index (χ1n) is 3.70. The highest BCUT2D eigenvalue weighted by Crippen LogP contribution is 2.10. The minimum absolute atomic E-state index is 0.0475. The standard InChI is InChI=1S/C8H10FN3O/c1-3-5(2)13-8-11-4-6(9)7(10)12-8/h3-5H,1H2,2H3,(H2,10,11,12). The Bertz CT molecular complexity index is 316. The molecule has 2 N–H and O–H groups in total. The molecule has 0 bridgehead atoms. The van der Waals surface area contributed by atoms with E-state index >= 15 is 0 Å². The maximum absolute atomic E-state index is 12.6. The number of nitrogens with zero attached hydrogens (tertiary/aromatic N) is 2. The van der Waals surface area contributed by atoms with Crippen LogP contribution in [0.5, 0.6) is 6.01 Å². The first kappa shape index (κ1) is 9.44. The van der Waals surface area contributed by atoms with Crippen LogP contribution < -0.4 is 10.5 Å². The zero-order valence-electron chi connectivity index (χ0n) is 7.20. The summed E-state index contributed by atoms with van der Waals surface area (Å²) in [4.78, 5) is 7.17. The van der Waals surface area contributed by atoms with Crippen LogP contribution in [0, 0.1) is 5.82 Å². The second kappa shape index (κ2) is 3.84. The molecule has 0 saturated carbocycles. The smallest absolute Gasteiger partial charge is 0.319 e. The summed E-state index contributed by atoms with van der Waals surface area (Å²) < 4.78 is 17.7. The molecule has 0 aliphatic rings. The van der Waals surface area contributed by atoms with Gasteiger partial charge in [-0.15, -0.1) is 0 Å². The summed E-state index contributed by atoms with van der Waals surface area (Å²) in [7, 11) is 0. The molecule has 13 heavy (non-hydrogen) atoms. The van der Waals surface area contributed by atoms with Gasteiger partial charge in [-0.1, -0.05) is 12.7 Å². The molecule has 4 nitrogen and oxygen atoms in total. The number of nitrogens with two attached hydrogens (primary N) is 1. The molecular weight excluding hydrogens is 173 g/mol. The van der Waals surface area contributed by atoms with E-state index in [0.717, 1.165) is 6.20 Å². The summed E-state index contributed by atoms with van der Waals surface area (Å²) in [6, 6.07) is 0.0475. The Kier molecular flexibility index (Phi) is 2.79. The minimum atomic E-state index is -0.654. The van der Waals surface area contributed by atoms with Crippen molar-refractivity contribution in [3.8, 4) is 6.01 Å². The molecule has 0 fully saturated rings. The van der Waals surface area contributed by atoms with Crippen molar-refractivity contribution in [1.82, 2.24) is 9.97 Å². The van der Waals surface area contributed by atoms with Crippen LogP contribution in [0.15, 0.2) is 18.9 Å². The second-order valence-corrected chi connectivity index (χ2v) is 2.44. The van der Waals surface area contributed by atoms with Crippen molar-refractivity contribution >= 4 is 5.82 Å². The molecule has 1 aromatic heterocycles. The van der Waals surface area contributed by atoms with Crippen LogP contribution in [-0.4, -0.2) is 16.1 Å². The molecule has 1 unspecified atom stereocenters. The van der Waals surface area contributed by atoms with E-state index in [9.17, 15) is 4.39 Å². The highest BCUT2D eigenvalue weighted by Gasteiger charge is 2.05. The van der Waals surface area contributed by atoms with Crippen LogP contribution in [0.2, 0.25) is 0 Å². The molecule has 1 rings (SSSR count). The maximum Gasteiger partial charge on any atom is 0.319 e. The van der Waals surface area contributed by atoms with Crippen LogP contribution >= 0.6 is 0 Å². The van der Waals surface area contributed by atoms with Gasteiger partial charge in [0.25, 0.3) is 0 Å². The third kappa shape index (κ3) is 2.40. The number of hydrogen-bond donors (Lipinski definition) is 1. The molecule has 0 radical (unpaired) electrons. The van der Waals surface area contributed by atoms with Crippen molar-refractivity contribution in [3.05, 3.63) is 24.7 Å². The fourth-order valence-electron chi connectivity index (χ4n) is 0.635. The normalized spacial score (nSPS) is 12.2. The predicted molar refractivity (Wildman–Crippen MR) is 46.7 cm³/mol. The number of halogens is 1. The predicted octanol–water partition coefficient (Wildman–Crippen LogP) is 1.15. The average molecular weight is 183 g/mol. The number of anilines is 1. The first-order chi connectivity index (χ1) is 6.13. The van der Waals surface area contributed by atoms with Crippen molar-refractivity contribution < 1.29 is 9.13 Å². The third-order valence-corrected chi connectivity index (χ3v) is 1.37. The molecule has 0 amide bonds. The summed E-state index contributed by atoms with van der Waals surface area (Å²) in [6.45, 7) is 5.27. The lowest BCUT2D eigenvalue weighted by atomic mass is 10.4. The van der Waals surface area contributed by atoms with Gasteiger partial charge in [0.2, 0.25) is 0 Å². The van der Waals surface area contributed by atoms with Crippen LogP contribution in [0.1, 0.15) is 6.92 Å². The molecule has 0 aromatic carbocycles. The Balaban J connectivity index is 2.79. The summed E-state index contributed by atoms with van der Waals surface area (Å²) in [5.41, 5.74) is 5.21. The van der Waals surface area contributed by atoms with E-state index in [2.05, 4.69) is 16.5 Å². The van der Waals surface area contributed by atoms with Gasteiger partial charge in [0.1, 0.15) is 6.10 Å². The highest BCUT2D eigenvalue weighted by atomic mass is 19.1. The van der Waals surface area contributed by atoms with Crippen LogP contribution in [0.3, 0.4) is 0 Å². The van der Waals surface area contributed by atoms with Crippen molar-refractivity contribution in [2.45, 2.75) is 13.0 Å². The van der Waals surface area contributed by atoms with Crippen molar-refractivity contribution in [2.24, 2.45) is 0 Å². The molecule has 1 aromatic rings. The first-order valence-corrected chi connectivity index (χ1v) is 3.70. The van der Waals surface area contributed by atoms with E-state index in [4.69, 9.17) is 10.5 Å². The zero-order valence-corrected chi connectivity index (χ0v) is 7.20. The summed E-state index contributed by atoms with van der Waals surface area (Å²) in [5, 5.41) is 0. The van der Waals surface area contributed by atoms with E-state index in [1.165, 1.54) is 0 Å². The summed E-state index contributed by atoms with van der Waals surface area (Å²) >= 11 is 0. The molecule has 0 spiro atoms. The van der Waals surface area contributed by atoms with Crippen LogP contribution in [0.4, 0.5) is 10.2 Å². The molecular formula is C8H10FN3O. The van der Waals surface area contributed by atoms with Crippen molar-refractivity contribution in [1.29, 1.82) is 0 Å². The lowest BCUT2D eigenvalue weighted by molar-refractivity contribution is 0.247. The van der Waals surface area contributed by atoms with E-state index in [0.29, 0.717) is 0 Å². The highest BCUT2D eigenvalue weighted by molar-refractivity contribution is 5.29. The second-order valence-electron chi connectivity index (χ2n) is 2.44. The maximum atomic E-state index is 12.6. The van der Waals surface area contributed by atoms with Gasteiger partial charge in [-0.05, 0) is 6.92 Å². The van der Waals surface area contributed by atoms with Crippen LogP contribution in [0.25, 0.3) is 0 Å². The quantitative estimate of drug-likeness (QED) is 0.714. The molecule has 1 atom stereocenters.